The third-order valence-electron chi connectivity index (χ3n) is 3.55. The van der Waals surface area contributed by atoms with Gasteiger partial charge in [-0.15, -0.1) is 10.2 Å². The van der Waals surface area contributed by atoms with Crippen LogP contribution in [0.1, 0.15) is 26.7 Å². The summed E-state index contributed by atoms with van der Waals surface area (Å²) in [6, 6.07) is 3.44. The summed E-state index contributed by atoms with van der Waals surface area (Å²) in [7, 11) is -3.77. The van der Waals surface area contributed by atoms with Crippen LogP contribution in [-0.2, 0) is 14.8 Å². The summed E-state index contributed by atoms with van der Waals surface area (Å²) in [5, 5.41) is 11.5. The fourth-order valence-corrected chi connectivity index (χ4v) is 5.56. The molecule has 0 unspecified atom stereocenters. The fraction of sp³-hybridized carbons (Fsp3) is 0.438. The molecule has 1 amide bonds. The van der Waals surface area contributed by atoms with Crippen LogP contribution >= 0.6 is 46.3 Å². The van der Waals surface area contributed by atoms with Gasteiger partial charge in [-0.1, -0.05) is 60.1 Å². The Kier molecular flexibility index (Phi) is 8.38. The van der Waals surface area contributed by atoms with Crippen molar-refractivity contribution < 1.29 is 13.2 Å². The molecule has 7 nitrogen and oxygen atoms in total. The summed E-state index contributed by atoms with van der Waals surface area (Å²) in [5.41, 5.74) is 0.260. The van der Waals surface area contributed by atoms with Crippen LogP contribution in [0.25, 0.3) is 0 Å². The molecule has 0 aliphatic rings. The van der Waals surface area contributed by atoms with E-state index in [0.29, 0.717) is 10.2 Å². The van der Waals surface area contributed by atoms with Crippen molar-refractivity contribution in [2.75, 3.05) is 21.6 Å². The Bertz CT molecular complexity index is 937. The van der Waals surface area contributed by atoms with Crippen molar-refractivity contribution in [3.05, 3.63) is 28.2 Å². The van der Waals surface area contributed by atoms with Gasteiger partial charge in [0.2, 0.25) is 21.1 Å². The lowest BCUT2D eigenvalue weighted by Crippen LogP contribution is -2.47. The van der Waals surface area contributed by atoms with Gasteiger partial charge < -0.3 is 0 Å². The highest BCUT2D eigenvalue weighted by Crippen LogP contribution is 2.31. The number of rotatable bonds is 9. The monoisotopic (exact) mass is 482 g/mol. The number of benzene rings is 1. The van der Waals surface area contributed by atoms with E-state index in [-0.39, 0.29) is 17.1 Å². The quantitative estimate of drug-likeness (QED) is 0.416. The van der Waals surface area contributed by atoms with Crippen molar-refractivity contribution in [3.63, 3.8) is 0 Å². The van der Waals surface area contributed by atoms with Crippen molar-refractivity contribution in [2.45, 2.75) is 37.1 Å². The Hall–Kier alpha value is -1.07. The average molecular weight is 483 g/mol. The second-order valence-electron chi connectivity index (χ2n) is 5.79. The van der Waals surface area contributed by atoms with Gasteiger partial charge in [0.05, 0.1) is 22.0 Å². The van der Waals surface area contributed by atoms with E-state index in [1.165, 1.54) is 29.5 Å². The SMILES string of the molecule is CCCSc1nnc(NC(=O)[C@H](CC)N(c2ccc(Cl)c(Cl)c2)S(C)(=O)=O)s1. The van der Waals surface area contributed by atoms with Crippen LogP contribution < -0.4 is 9.62 Å². The van der Waals surface area contributed by atoms with Crippen molar-refractivity contribution in [2.24, 2.45) is 0 Å². The molecule has 2 aromatic rings. The number of nitrogens with one attached hydrogen (secondary N) is 1. The lowest BCUT2D eigenvalue weighted by atomic mass is 10.2. The molecule has 1 heterocycles. The van der Waals surface area contributed by atoms with Gasteiger partial charge in [0.15, 0.2) is 4.34 Å². The average Bonchev–Trinajstić information content (AvgIpc) is 3.06. The van der Waals surface area contributed by atoms with Gasteiger partial charge in [-0.25, -0.2) is 8.42 Å². The maximum atomic E-state index is 12.8. The zero-order valence-corrected chi connectivity index (χ0v) is 19.4. The van der Waals surface area contributed by atoms with E-state index in [4.69, 9.17) is 23.2 Å². The molecule has 0 spiro atoms. The molecular weight excluding hydrogens is 463 g/mol. The summed E-state index contributed by atoms with van der Waals surface area (Å²) in [6.45, 7) is 3.79. The Morgan fingerprint density at radius 1 is 1.29 bits per heavy atom. The van der Waals surface area contributed by atoms with Crippen molar-refractivity contribution >= 4 is 73.0 Å². The van der Waals surface area contributed by atoms with Crippen LogP contribution in [0.5, 0.6) is 0 Å². The van der Waals surface area contributed by atoms with E-state index >= 15 is 0 Å². The molecule has 0 aliphatic heterocycles. The van der Waals surface area contributed by atoms with E-state index in [0.717, 1.165) is 27.1 Å². The Morgan fingerprint density at radius 3 is 2.57 bits per heavy atom. The molecule has 1 aromatic carbocycles. The highest BCUT2D eigenvalue weighted by molar-refractivity contribution is 8.01. The van der Waals surface area contributed by atoms with Gasteiger partial charge in [0.25, 0.3) is 0 Å². The third-order valence-corrected chi connectivity index (χ3v) is 7.65. The molecule has 0 fully saturated rings. The first-order valence-electron chi connectivity index (χ1n) is 8.39. The zero-order valence-electron chi connectivity index (χ0n) is 15.5. The summed E-state index contributed by atoms with van der Waals surface area (Å²) < 4.78 is 26.7. The van der Waals surface area contributed by atoms with Crippen LogP contribution in [0.15, 0.2) is 22.5 Å². The first-order valence-corrected chi connectivity index (χ1v) is 12.8. The molecule has 0 saturated heterocycles. The van der Waals surface area contributed by atoms with Gasteiger partial charge in [-0.05, 0) is 31.0 Å². The number of halogens is 2. The molecule has 154 valence electrons. The van der Waals surface area contributed by atoms with E-state index < -0.39 is 22.0 Å². The maximum absolute atomic E-state index is 12.8. The van der Waals surface area contributed by atoms with E-state index in [2.05, 4.69) is 22.4 Å². The Balaban J connectivity index is 2.28. The number of carbonyl (C=O) groups excluding carboxylic acids is 1. The van der Waals surface area contributed by atoms with Crippen LogP contribution in [0.3, 0.4) is 0 Å². The first kappa shape index (κ1) is 23.2. The van der Waals surface area contributed by atoms with E-state index in [1.807, 2.05) is 0 Å². The summed E-state index contributed by atoms with van der Waals surface area (Å²) in [6.07, 6.45) is 2.28. The minimum atomic E-state index is -3.77. The molecule has 0 saturated carbocycles. The standard InChI is InChI=1S/C16H20Cl2N4O3S3/c1-4-8-26-16-21-20-15(27-16)19-14(23)13(5-2)22(28(3,24)25)10-6-7-11(17)12(18)9-10/h6-7,9,13H,4-5,8H2,1-3H3,(H,19,20,23)/t13-/m0/s1. The molecule has 1 atom stereocenters. The minimum absolute atomic E-state index is 0.199. The van der Waals surface area contributed by atoms with E-state index in [9.17, 15) is 13.2 Å². The van der Waals surface area contributed by atoms with Gasteiger partial charge >= 0.3 is 0 Å². The number of anilines is 2. The molecular formula is C16H20Cl2N4O3S3. The maximum Gasteiger partial charge on any atom is 0.250 e. The topological polar surface area (TPSA) is 92.3 Å². The predicted octanol–water partition coefficient (Wildman–Crippen LogP) is 4.53. The predicted molar refractivity (Wildman–Crippen MR) is 117 cm³/mol. The Labute approximate surface area is 182 Å². The van der Waals surface area contributed by atoms with Crippen LogP contribution in [0, 0.1) is 0 Å². The largest absolute Gasteiger partial charge is 0.299 e. The molecule has 12 heteroatoms. The van der Waals surface area contributed by atoms with Gasteiger partial charge in [-0.2, -0.15) is 0 Å². The Morgan fingerprint density at radius 2 is 2.00 bits per heavy atom. The van der Waals surface area contributed by atoms with Gasteiger partial charge in [-0.3, -0.25) is 14.4 Å². The second kappa shape index (κ2) is 10.1. The van der Waals surface area contributed by atoms with Crippen molar-refractivity contribution in [3.8, 4) is 0 Å². The number of carbonyl (C=O) groups is 1. The lowest BCUT2D eigenvalue weighted by Gasteiger charge is -2.30. The number of hydrogen-bond donors (Lipinski definition) is 1. The normalized spacial score (nSPS) is 12.6. The number of nitrogens with zero attached hydrogens (tertiary/aromatic N) is 3. The molecule has 28 heavy (non-hydrogen) atoms. The third kappa shape index (κ3) is 5.96. The highest BCUT2D eigenvalue weighted by atomic mass is 35.5. The summed E-state index contributed by atoms with van der Waals surface area (Å²) >= 11 is 14.8. The summed E-state index contributed by atoms with van der Waals surface area (Å²) in [4.78, 5) is 12.8. The highest BCUT2D eigenvalue weighted by Gasteiger charge is 2.32. The molecule has 2 rings (SSSR count). The molecule has 1 N–H and O–H groups in total. The van der Waals surface area contributed by atoms with Gasteiger partial charge in [0.1, 0.15) is 6.04 Å². The molecule has 0 aliphatic carbocycles. The number of sulfonamides is 1. The fourth-order valence-electron chi connectivity index (χ4n) is 2.38. The molecule has 0 bridgehead atoms. The van der Waals surface area contributed by atoms with Crippen LogP contribution in [0.4, 0.5) is 10.8 Å². The van der Waals surface area contributed by atoms with Crippen LogP contribution in [0.2, 0.25) is 10.0 Å². The minimum Gasteiger partial charge on any atom is -0.299 e. The number of amides is 1. The summed E-state index contributed by atoms with van der Waals surface area (Å²) in [5.74, 6) is 0.404. The number of thioether (sulfide) groups is 1. The van der Waals surface area contributed by atoms with Crippen molar-refractivity contribution in [1.82, 2.24) is 10.2 Å². The number of aromatic nitrogens is 2. The second-order valence-corrected chi connectivity index (χ2v) is 10.8. The van der Waals surface area contributed by atoms with Gasteiger partial charge in [0, 0.05) is 5.75 Å². The smallest absolute Gasteiger partial charge is 0.250 e. The molecule has 1 aromatic heterocycles. The van der Waals surface area contributed by atoms with E-state index in [1.54, 1.807) is 18.7 Å². The zero-order chi connectivity index (χ0) is 20.9. The van der Waals surface area contributed by atoms with Crippen molar-refractivity contribution in [1.29, 1.82) is 0 Å². The lowest BCUT2D eigenvalue weighted by molar-refractivity contribution is -0.117. The number of hydrogen-bond acceptors (Lipinski definition) is 7. The van der Waals surface area contributed by atoms with Crippen LogP contribution in [-0.4, -0.2) is 42.6 Å². The molecule has 0 radical (unpaired) electrons. The first-order chi connectivity index (χ1) is 13.2.